The van der Waals surface area contributed by atoms with E-state index in [1.807, 2.05) is 30.3 Å². The highest BCUT2D eigenvalue weighted by atomic mass is 19.1. The number of hydrogen-bond donors (Lipinski definition) is 3. The summed E-state index contributed by atoms with van der Waals surface area (Å²) in [5.74, 6) is -1.23. The first-order valence-electron chi connectivity index (χ1n) is 13.2. The second-order valence-corrected chi connectivity index (χ2v) is 10.7. The second kappa shape index (κ2) is 11.4. The number of para-hydroxylation sites is 1. The molecule has 3 N–H and O–H groups in total. The van der Waals surface area contributed by atoms with Gasteiger partial charge >= 0.3 is 6.09 Å². The number of pyridine rings is 1. The van der Waals surface area contributed by atoms with E-state index >= 15 is 0 Å². The molecule has 1 aliphatic rings. The molecule has 0 fully saturated rings. The van der Waals surface area contributed by atoms with Crippen LogP contribution in [0.4, 0.5) is 26.4 Å². The third-order valence-corrected chi connectivity index (χ3v) is 6.44. The average molecular weight is 572 g/mol. The van der Waals surface area contributed by atoms with Gasteiger partial charge in [0.2, 0.25) is 0 Å². The minimum Gasteiger partial charge on any atom is -0.494 e. The van der Waals surface area contributed by atoms with Crippen molar-refractivity contribution in [3.63, 3.8) is 0 Å². The van der Waals surface area contributed by atoms with Gasteiger partial charge < -0.3 is 25.1 Å². The number of methoxy groups -OCH3 is 1. The Balaban J connectivity index is 1.49. The van der Waals surface area contributed by atoms with E-state index in [4.69, 9.17) is 9.47 Å². The summed E-state index contributed by atoms with van der Waals surface area (Å²) in [6, 6.07) is 16.6. The molecule has 42 heavy (non-hydrogen) atoms. The highest BCUT2D eigenvalue weighted by Crippen LogP contribution is 2.38. The number of nitrogens with zero attached hydrogens (tertiary/aromatic N) is 2. The Hall–Kier alpha value is -5.19. The minimum absolute atomic E-state index is 0.0283. The molecule has 5 rings (SSSR count). The van der Waals surface area contributed by atoms with Crippen LogP contribution < -0.4 is 15.4 Å². The fraction of sp³-hybridized carbons (Fsp3) is 0.226. The van der Waals surface area contributed by atoms with Gasteiger partial charge in [-0.05, 0) is 63.2 Å². The number of Topliss-reactive ketones (excluding diaryl/α,β-unsaturated/α-hetero) is 1. The number of hydrogen-bond acceptors (Lipinski definition) is 7. The smallest absolute Gasteiger partial charge is 0.411 e. The maximum Gasteiger partial charge on any atom is 0.411 e. The zero-order valence-electron chi connectivity index (χ0n) is 23.6. The van der Waals surface area contributed by atoms with Crippen molar-refractivity contribution in [2.45, 2.75) is 32.9 Å². The van der Waals surface area contributed by atoms with Gasteiger partial charge in [-0.1, -0.05) is 18.2 Å². The van der Waals surface area contributed by atoms with Gasteiger partial charge in [-0.3, -0.25) is 14.5 Å². The van der Waals surface area contributed by atoms with Gasteiger partial charge in [-0.25, -0.2) is 14.2 Å². The van der Waals surface area contributed by atoms with Crippen molar-refractivity contribution in [2.75, 3.05) is 24.3 Å². The third-order valence-electron chi connectivity index (χ3n) is 6.44. The molecular weight excluding hydrogens is 541 g/mol. The molecule has 2 aromatic carbocycles. The van der Waals surface area contributed by atoms with Crippen LogP contribution in [0.15, 0.2) is 66.9 Å². The van der Waals surface area contributed by atoms with Crippen LogP contribution in [0.2, 0.25) is 0 Å². The van der Waals surface area contributed by atoms with E-state index in [1.54, 1.807) is 32.9 Å². The summed E-state index contributed by atoms with van der Waals surface area (Å²) in [6.07, 6.45) is 0.930. The number of halogens is 1. The lowest BCUT2D eigenvalue weighted by Gasteiger charge is -2.29. The fourth-order valence-electron chi connectivity index (χ4n) is 4.59. The number of amides is 2. The molecule has 2 aromatic heterocycles. The van der Waals surface area contributed by atoms with Crippen molar-refractivity contribution in [2.24, 2.45) is 0 Å². The molecular formula is C31H30FN5O5. The lowest BCUT2D eigenvalue weighted by Crippen LogP contribution is -2.42. The summed E-state index contributed by atoms with van der Waals surface area (Å²) in [4.78, 5) is 48.0. The first-order valence-corrected chi connectivity index (χ1v) is 13.2. The highest BCUT2D eigenvalue weighted by Gasteiger charge is 2.34. The summed E-state index contributed by atoms with van der Waals surface area (Å²) < 4.78 is 24.6. The predicted octanol–water partition coefficient (Wildman–Crippen LogP) is 6.15. The van der Waals surface area contributed by atoms with Crippen LogP contribution >= 0.6 is 0 Å². The number of anilines is 3. The molecule has 4 aromatic rings. The summed E-state index contributed by atoms with van der Waals surface area (Å²) in [5.41, 5.74) is 2.83. The van der Waals surface area contributed by atoms with Crippen LogP contribution in [0.25, 0.3) is 11.3 Å². The topological polar surface area (TPSA) is 126 Å². The number of fused-ring (bicyclic) bond motifs is 1. The van der Waals surface area contributed by atoms with E-state index in [1.165, 1.54) is 30.3 Å². The standard InChI is InChI=1S/C31H30FN5O5/c1-31(2,3)42-30(40)37-16-22-26(23(38)17-37)28(34-20-8-6-5-7-9-20)27(35-22)18-12-13-33-25(15-18)36-29(39)19-10-11-24(41-4)21(32)14-19/h5-15,34-35H,16-17H2,1-4H3,(H,33,36,39). The van der Waals surface area contributed by atoms with Crippen LogP contribution in [-0.2, 0) is 11.3 Å². The normalized spacial score (nSPS) is 12.9. The quantitative estimate of drug-likeness (QED) is 0.253. The zero-order valence-corrected chi connectivity index (χ0v) is 23.6. The maximum atomic E-state index is 14.2. The summed E-state index contributed by atoms with van der Waals surface area (Å²) in [6.45, 7) is 5.29. The van der Waals surface area contributed by atoms with E-state index in [9.17, 15) is 18.8 Å². The van der Waals surface area contributed by atoms with Crippen molar-refractivity contribution in [1.82, 2.24) is 14.9 Å². The molecule has 0 unspecified atom stereocenters. The van der Waals surface area contributed by atoms with Gasteiger partial charge in [0.25, 0.3) is 5.91 Å². The monoisotopic (exact) mass is 571 g/mol. The SMILES string of the molecule is COc1ccc(C(=O)Nc2cc(-c3[nH]c4c(c3Nc3ccccc3)C(=O)CN(C(=O)OC(C)(C)C)C4)ccn2)cc1F. The third kappa shape index (κ3) is 6.09. The zero-order chi connectivity index (χ0) is 30.0. The Labute approximate surface area is 241 Å². The summed E-state index contributed by atoms with van der Waals surface area (Å²) >= 11 is 0. The van der Waals surface area contributed by atoms with Gasteiger partial charge in [0.15, 0.2) is 17.3 Å². The number of ketones is 1. The van der Waals surface area contributed by atoms with E-state index in [2.05, 4.69) is 20.6 Å². The van der Waals surface area contributed by atoms with E-state index in [0.29, 0.717) is 28.2 Å². The molecule has 1 aliphatic heterocycles. The number of carbonyl (C=O) groups excluding carboxylic acids is 3. The number of benzene rings is 2. The molecule has 0 radical (unpaired) electrons. The van der Waals surface area contributed by atoms with Crippen molar-refractivity contribution < 1.29 is 28.2 Å². The van der Waals surface area contributed by atoms with Crippen LogP contribution in [0.1, 0.15) is 47.2 Å². The molecule has 0 spiro atoms. The summed E-state index contributed by atoms with van der Waals surface area (Å²) in [7, 11) is 1.34. The van der Waals surface area contributed by atoms with Gasteiger partial charge in [0.05, 0.1) is 37.1 Å². The van der Waals surface area contributed by atoms with Gasteiger partial charge in [0, 0.05) is 28.7 Å². The molecule has 2 amide bonds. The van der Waals surface area contributed by atoms with Crippen LogP contribution in [0.5, 0.6) is 5.75 Å². The molecule has 216 valence electrons. The molecule has 0 saturated carbocycles. The Bertz CT molecular complexity index is 1660. The number of rotatable bonds is 6. The minimum atomic E-state index is -0.712. The van der Waals surface area contributed by atoms with Gasteiger partial charge in [-0.2, -0.15) is 0 Å². The Morgan fingerprint density at radius 3 is 2.50 bits per heavy atom. The Morgan fingerprint density at radius 1 is 1.05 bits per heavy atom. The number of H-pyrrole nitrogens is 1. The molecule has 10 nitrogen and oxygen atoms in total. The first-order chi connectivity index (χ1) is 20.0. The molecule has 3 heterocycles. The predicted molar refractivity (Wildman–Crippen MR) is 156 cm³/mol. The van der Waals surface area contributed by atoms with Crippen molar-refractivity contribution >= 4 is 35.0 Å². The first kappa shape index (κ1) is 28.3. The van der Waals surface area contributed by atoms with E-state index in [-0.39, 0.29) is 36.0 Å². The van der Waals surface area contributed by atoms with Gasteiger partial charge in [-0.15, -0.1) is 0 Å². The molecule has 0 saturated heterocycles. The van der Waals surface area contributed by atoms with Gasteiger partial charge in [0.1, 0.15) is 11.4 Å². The van der Waals surface area contributed by atoms with Crippen LogP contribution in [-0.4, -0.2) is 51.9 Å². The molecule has 0 aliphatic carbocycles. The van der Waals surface area contributed by atoms with Crippen molar-refractivity contribution in [3.05, 3.63) is 89.5 Å². The number of aromatic nitrogens is 2. The average Bonchev–Trinajstić information content (AvgIpc) is 3.31. The summed E-state index contributed by atoms with van der Waals surface area (Å²) in [5, 5.41) is 6.04. The van der Waals surface area contributed by atoms with Crippen LogP contribution in [0.3, 0.4) is 0 Å². The molecule has 0 bridgehead atoms. The molecule has 11 heteroatoms. The largest absolute Gasteiger partial charge is 0.494 e. The molecule has 0 atom stereocenters. The lowest BCUT2D eigenvalue weighted by molar-refractivity contribution is 0.0218. The Kier molecular flexibility index (Phi) is 7.66. The van der Waals surface area contributed by atoms with E-state index in [0.717, 1.165) is 11.8 Å². The maximum absolute atomic E-state index is 14.2. The second-order valence-electron chi connectivity index (χ2n) is 10.7. The Morgan fingerprint density at radius 2 is 1.81 bits per heavy atom. The van der Waals surface area contributed by atoms with E-state index < -0.39 is 23.4 Å². The fourth-order valence-corrected chi connectivity index (χ4v) is 4.59. The van der Waals surface area contributed by atoms with Crippen molar-refractivity contribution in [3.8, 4) is 17.0 Å². The number of ether oxygens (including phenoxy) is 2. The number of carbonyl (C=O) groups is 3. The highest BCUT2D eigenvalue weighted by molar-refractivity contribution is 6.09. The number of nitrogens with one attached hydrogen (secondary N) is 3. The number of aromatic amines is 1. The lowest BCUT2D eigenvalue weighted by atomic mass is 10.0. The van der Waals surface area contributed by atoms with Crippen molar-refractivity contribution in [1.29, 1.82) is 0 Å². The van der Waals surface area contributed by atoms with Crippen LogP contribution in [0, 0.1) is 5.82 Å².